The predicted molar refractivity (Wildman–Crippen MR) is 83.5 cm³/mol. The van der Waals surface area contributed by atoms with Crippen LogP contribution in [0.15, 0.2) is 12.1 Å². The molecule has 1 N–H and O–H groups in total. The van der Waals surface area contributed by atoms with Gasteiger partial charge in [-0.2, -0.15) is 0 Å². The number of hydrogen-bond donors (Lipinski definition) is 1. The minimum Gasteiger partial charge on any atom is -0.310 e. The van der Waals surface area contributed by atoms with Gasteiger partial charge < -0.3 is 5.32 Å². The summed E-state index contributed by atoms with van der Waals surface area (Å²) in [6.45, 7) is 7.13. The van der Waals surface area contributed by atoms with Crippen LogP contribution >= 0.6 is 0 Å². The van der Waals surface area contributed by atoms with Crippen molar-refractivity contribution >= 4 is 0 Å². The molecule has 0 aromatic heterocycles. The summed E-state index contributed by atoms with van der Waals surface area (Å²) in [7, 11) is 0. The highest BCUT2D eigenvalue weighted by Gasteiger charge is 2.24. The Hall–Kier alpha value is -0.890. The van der Waals surface area contributed by atoms with Crippen LogP contribution in [0.3, 0.4) is 0 Å². The molecule has 0 bridgehead atoms. The maximum Gasteiger partial charge on any atom is 0.128 e. The third kappa shape index (κ3) is 3.82. The monoisotopic (exact) mass is 277 g/mol. The largest absolute Gasteiger partial charge is 0.310 e. The fourth-order valence-corrected chi connectivity index (χ4v) is 3.57. The molecule has 2 rings (SSSR count). The van der Waals surface area contributed by atoms with Gasteiger partial charge in [-0.05, 0) is 56.3 Å². The number of rotatable bonds is 6. The molecule has 1 aromatic carbocycles. The number of halogens is 1. The zero-order chi connectivity index (χ0) is 14.5. The fourth-order valence-electron chi connectivity index (χ4n) is 3.57. The van der Waals surface area contributed by atoms with Crippen LogP contribution in [-0.4, -0.2) is 6.54 Å². The van der Waals surface area contributed by atoms with Crippen LogP contribution in [0.25, 0.3) is 0 Å². The van der Waals surface area contributed by atoms with Crippen molar-refractivity contribution in [2.75, 3.05) is 6.54 Å². The van der Waals surface area contributed by atoms with Crippen LogP contribution in [0, 0.1) is 25.6 Å². The van der Waals surface area contributed by atoms with Crippen molar-refractivity contribution in [2.45, 2.75) is 65.3 Å². The van der Waals surface area contributed by atoms with E-state index >= 15 is 0 Å². The normalized spacial score (nSPS) is 17.6. The molecule has 0 amide bonds. The summed E-state index contributed by atoms with van der Waals surface area (Å²) >= 11 is 0. The third-order valence-corrected chi connectivity index (χ3v) is 4.51. The molecule has 1 aromatic rings. The maximum atomic E-state index is 14.4. The van der Waals surface area contributed by atoms with Gasteiger partial charge in [-0.15, -0.1) is 0 Å². The van der Waals surface area contributed by atoms with Gasteiger partial charge in [0.05, 0.1) is 0 Å². The van der Waals surface area contributed by atoms with Crippen molar-refractivity contribution in [2.24, 2.45) is 5.92 Å². The molecule has 1 aliphatic rings. The second kappa shape index (κ2) is 7.21. The minimum atomic E-state index is -0.0332. The van der Waals surface area contributed by atoms with Gasteiger partial charge in [0.25, 0.3) is 0 Å². The number of hydrogen-bond acceptors (Lipinski definition) is 1. The molecule has 0 saturated heterocycles. The van der Waals surface area contributed by atoms with Crippen molar-refractivity contribution in [1.29, 1.82) is 0 Å². The van der Waals surface area contributed by atoms with E-state index in [1.165, 1.54) is 25.7 Å². The zero-order valence-corrected chi connectivity index (χ0v) is 13.1. The van der Waals surface area contributed by atoms with E-state index in [0.717, 1.165) is 42.0 Å². The Labute approximate surface area is 123 Å². The molecule has 0 spiro atoms. The first-order valence-electron chi connectivity index (χ1n) is 8.11. The molecule has 2 heteroatoms. The lowest BCUT2D eigenvalue weighted by atomic mass is 9.90. The first kappa shape index (κ1) is 15.5. The van der Waals surface area contributed by atoms with Crippen LogP contribution in [0.1, 0.15) is 68.2 Å². The van der Waals surface area contributed by atoms with Gasteiger partial charge in [-0.25, -0.2) is 4.39 Å². The Morgan fingerprint density at radius 3 is 2.55 bits per heavy atom. The SMILES string of the molecule is CCCNC(CC1CCCC1)c1c(C)cc(C)cc1F. The minimum absolute atomic E-state index is 0.0332. The maximum absolute atomic E-state index is 14.4. The van der Waals surface area contributed by atoms with Gasteiger partial charge in [-0.1, -0.05) is 38.7 Å². The van der Waals surface area contributed by atoms with Crippen molar-refractivity contribution in [3.63, 3.8) is 0 Å². The van der Waals surface area contributed by atoms with Gasteiger partial charge in [0, 0.05) is 11.6 Å². The second-order valence-corrected chi connectivity index (χ2v) is 6.37. The summed E-state index contributed by atoms with van der Waals surface area (Å²) in [6.07, 6.45) is 7.50. The van der Waals surface area contributed by atoms with E-state index in [1.807, 2.05) is 13.8 Å². The number of nitrogens with one attached hydrogen (secondary N) is 1. The van der Waals surface area contributed by atoms with E-state index in [4.69, 9.17) is 0 Å². The second-order valence-electron chi connectivity index (χ2n) is 6.37. The first-order valence-corrected chi connectivity index (χ1v) is 8.11. The highest BCUT2D eigenvalue weighted by molar-refractivity contribution is 5.34. The summed E-state index contributed by atoms with van der Waals surface area (Å²) in [5.41, 5.74) is 3.00. The van der Waals surface area contributed by atoms with Gasteiger partial charge in [0.1, 0.15) is 5.82 Å². The Morgan fingerprint density at radius 1 is 1.25 bits per heavy atom. The van der Waals surface area contributed by atoms with Gasteiger partial charge in [0.15, 0.2) is 0 Å². The molecule has 1 fully saturated rings. The van der Waals surface area contributed by atoms with E-state index in [1.54, 1.807) is 6.07 Å². The highest BCUT2D eigenvalue weighted by atomic mass is 19.1. The van der Waals surface area contributed by atoms with Crippen molar-refractivity contribution in [1.82, 2.24) is 5.32 Å². The molecule has 1 nitrogen and oxygen atoms in total. The Kier molecular flexibility index (Phi) is 5.59. The summed E-state index contributed by atoms with van der Waals surface area (Å²) in [6, 6.07) is 3.96. The highest BCUT2D eigenvalue weighted by Crippen LogP contribution is 2.35. The Morgan fingerprint density at radius 2 is 1.95 bits per heavy atom. The lowest BCUT2D eigenvalue weighted by Gasteiger charge is -2.24. The van der Waals surface area contributed by atoms with Crippen molar-refractivity contribution in [3.8, 4) is 0 Å². The predicted octanol–water partition coefficient (Wildman–Crippen LogP) is 5.06. The molecule has 20 heavy (non-hydrogen) atoms. The molecule has 1 saturated carbocycles. The standard InChI is InChI=1S/C18H28FN/c1-4-9-20-17(12-15-7-5-6-8-15)18-14(3)10-13(2)11-16(18)19/h10-11,15,17,20H,4-9,12H2,1-3H3. The van der Waals surface area contributed by atoms with Crippen molar-refractivity contribution in [3.05, 3.63) is 34.6 Å². The number of benzene rings is 1. The molecule has 0 aliphatic heterocycles. The average molecular weight is 277 g/mol. The molecule has 0 heterocycles. The Balaban J connectivity index is 2.20. The van der Waals surface area contributed by atoms with E-state index in [-0.39, 0.29) is 11.9 Å². The summed E-state index contributed by atoms with van der Waals surface area (Å²) in [5.74, 6) is 0.735. The summed E-state index contributed by atoms with van der Waals surface area (Å²) in [4.78, 5) is 0. The first-order chi connectivity index (χ1) is 9.61. The number of aryl methyl sites for hydroxylation is 2. The Bertz CT molecular complexity index is 412. The van der Waals surface area contributed by atoms with Gasteiger partial charge in [0.2, 0.25) is 0 Å². The lowest BCUT2D eigenvalue weighted by Crippen LogP contribution is -2.26. The molecule has 112 valence electrons. The molecule has 1 aliphatic carbocycles. The topological polar surface area (TPSA) is 12.0 Å². The molecule has 0 radical (unpaired) electrons. The molecular formula is C18H28FN. The van der Waals surface area contributed by atoms with E-state index < -0.39 is 0 Å². The average Bonchev–Trinajstić information content (AvgIpc) is 2.87. The molecule has 1 atom stereocenters. The van der Waals surface area contributed by atoms with Crippen molar-refractivity contribution < 1.29 is 4.39 Å². The van der Waals surface area contributed by atoms with E-state index in [0.29, 0.717) is 0 Å². The van der Waals surface area contributed by atoms with Gasteiger partial charge >= 0.3 is 0 Å². The summed E-state index contributed by atoms with van der Waals surface area (Å²) < 4.78 is 14.4. The summed E-state index contributed by atoms with van der Waals surface area (Å²) in [5, 5.41) is 3.57. The van der Waals surface area contributed by atoms with Crippen LogP contribution < -0.4 is 5.32 Å². The third-order valence-electron chi connectivity index (χ3n) is 4.51. The quantitative estimate of drug-likeness (QED) is 0.766. The smallest absolute Gasteiger partial charge is 0.128 e. The lowest BCUT2D eigenvalue weighted by molar-refractivity contribution is 0.384. The van der Waals surface area contributed by atoms with Crippen LogP contribution in [-0.2, 0) is 0 Å². The van der Waals surface area contributed by atoms with Crippen LogP contribution in [0.4, 0.5) is 4.39 Å². The molecule has 1 unspecified atom stereocenters. The zero-order valence-electron chi connectivity index (χ0n) is 13.1. The van der Waals surface area contributed by atoms with Gasteiger partial charge in [-0.3, -0.25) is 0 Å². The van der Waals surface area contributed by atoms with Crippen LogP contribution in [0.2, 0.25) is 0 Å². The fraction of sp³-hybridized carbons (Fsp3) is 0.667. The molecular weight excluding hydrogens is 249 g/mol. The van der Waals surface area contributed by atoms with E-state index in [9.17, 15) is 4.39 Å². The van der Waals surface area contributed by atoms with E-state index in [2.05, 4.69) is 18.3 Å². The van der Waals surface area contributed by atoms with Crippen LogP contribution in [0.5, 0.6) is 0 Å².